The van der Waals surface area contributed by atoms with Gasteiger partial charge in [0.05, 0.1) is 0 Å². The highest BCUT2D eigenvalue weighted by Gasteiger charge is 2.48. The van der Waals surface area contributed by atoms with E-state index >= 15 is 0 Å². The molecule has 0 atom stereocenters. The molecule has 11 aromatic rings. The van der Waals surface area contributed by atoms with Gasteiger partial charge in [-0.1, -0.05) is 191 Å². The van der Waals surface area contributed by atoms with Gasteiger partial charge >= 0.3 is 0 Å². The first-order valence-corrected chi connectivity index (χ1v) is 22.3. The third-order valence-electron chi connectivity index (χ3n) is 14.6. The molecule has 1 nitrogen and oxygen atoms in total. The van der Waals surface area contributed by atoms with Crippen molar-refractivity contribution in [2.24, 2.45) is 0 Å². The molecule has 1 heteroatoms. The summed E-state index contributed by atoms with van der Waals surface area (Å²) in [6.07, 6.45) is 0. The van der Waals surface area contributed by atoms with E-state index in [0.29, 0.717) is 0 Å². The maximum atomic E-state index is 7.01. The molecular formula is C62H44O. The summed E-state index contributed by atoms with van der Waals surface area (Å²) in [5.41, 5.74) is 22.0. The summed E-state index contributed by atoms with van der Waals surface area (Å²) in [5.74, 6) is 0. The van der Waals surface area contributed by atoms with Gasteiger partial charge in [0.25, 0.3) is 0 Å². The summed E-state index contributed by atoms with van der Waals surface area (Å²) in [4.78, 5) is 0. The van der Waals surface area contributed by atoms with E-state index in [0.717, 1.165) is 11.2 Å². The van der Waals surface area contributed by atoms with E-state index in [1.54, 1.807) is 0 Å². The molecule has 0 fully saturated rings. The number of rotatable bonds is 4. The third kappa shape index (κ3) is 4.99. The Morgan fingerprint density at radius 2 is 0.778 bits per heavy atom. The van der Waals surface area contributed by atoms with E-state index in [-0.39, 0.29) is 10.8 Å². The number of hydrogen-bond donors (Lipinski definition) is 0. The topological polar surface area (TPSA) is 13.1 Å². The number of benzene rings is 10. The Kier molecular flexibility index (Phi) is 7.48. The lowest BCUT2D eigenvalue weighted by atomic mass is 9.72. The van der Waals surface area contributed by atoms with Gasteiger partial charge in [0.15, 0.2) is 0 Å². The molecule has 0 aliphatic heterocycles. The normalized spacial score (nSPS) is 14.3. The third-order valence-corrected chi connectivity index (χ3v) is 14.6. The van der Waals surface area contributed by atoms with Crippen LogP contribution in [0.1, 0.15) is 49.9 Å². The zero-order valence-electron chi connectivity index (χ0n) is 35.9. The lowest BCUT2D eigenvalue weighted by molar-refractivity contribution is 0.600. The highest BCUT2D eigenvalue weighted by molar-refractivity contribution is 6.23. The molecule has 0 amide bonds. The van der Waals surface area contributed by atoms with Gasteiger partial charge in [0.1, 0.15) is 11.2 Å². The van der Waals surface area contributed by atoms with Crippen LogP contribution in [-0.2, 0) is 10.8 Å². The number of fused-ring (bicyclic) bond motifs is 14. The second kappa shape index (κ2) is 13.0. The van der Waals surface area contributed by atoms with Gasteiger partial charge in [-0.3, -0.25) is 0 Å². The fourth-order valence-corrected chi connectivity index (χ4v) is 11.8. The minimum Gasteiger partial charge on any atom is -0.455 e. The Balaban J connectivity index is 1.07. The van der Waals surface area contributed by atoms with Gasteiger partial charge in [-0.2, -0.15) is 0 Å². The van der Waals surface area contributed by atoms with E-state index in [1.165, 1.54) is 121 Å². The molecule has 0 saturated heterocycles. The van der Waals surface area contributed by atoms with E-state index in [4.69, 9.17) is 4.42 Å². The lowest BCUT2D eigenvalue weighted by Gasteiger charge is -2.31. The van der Waals surface area contributed by atoms with Gasteiger partial charge in [-0.15, -0.1) is 0 Å². The molecule has 0 spiro atoms. The van der Waals surface area contributed by atoms with Crippen LogP contribution in [0.5, 0.6) is 0 Å². The smallest absolute Gasteiger partial charge is 0.144 e. The molecule has 0 N–H and O–H groups in total. The van der Waals surface area contributed by atoms with Crippen molar-refractivity contribution in [3.63, 3.8) is 0 Å². The van der Waals surface area contributed by atoms with E-state index in [1.807, 2.05) is 0 Å². The standard InChI is InChI=1S/C62H44O/c1-61(2)50-29-17-15-27-47(50)55-56-49-28-16-18-30-52(49)63-60(56)57-48-32-31-39(36-51(48)62(3,4)59(57)58(55)61)53-43-23-11-13-25-45(43)54(46-26-14-12-24-44(46)53)42-34-40(37-19-7-5-8-20-37)33-41(35-42)38-21-9-6-10-22-38/h5-36H,1-4H3. The van der Waals surface area contributed by atoms with Gasteiger partial charge in [0, 0.05) is 27.2 Å². The summed E-state index contributed by atoms with van der Waals surface area (Å²) in [7, 11) is 0. The molecule has 1 aromatic heterocycles. The maximum Gasteiger partial charge on any atom is 0.144 e. The van der Waals surface area contributed by atoms with Crippen molar-refractivity contribution in [3.8, 4) is 66.8 Å². The van der Waals surface area contributed by atoms with Crippen LogP contribution in [0.2, 0.25) is 0 Å². The van der Waals surface area contributed by atoms with Gasteiger partial charge in [0.2, 0.25) is 0 Å². The summed E-state index contributed by atoms with van der Waals surface area (Å²) < 4.78 is 7.01. The highest BCUT2D eigenvalue weighted by Crippen LogP contribution is 2.63. The first kappa shape index (κ1) is 36.2. The van der Waals surface area contributed by atoms with Crippen molar-refractivity contribution in [2.75, 3.05) is 0 Å². The molecule has 0 bridgehead atoms. The van der Waals surface area contributed by atoms with Crippen molar-refractivity contribution in [3.05, 3.63) is 216 Å². The van der Waals surface area contributed by atoms with Crippen LogP contribution in [0.25, 0.3) is 110 Å². The fraction of sp³-hybridized carbons (Fsp3) is 0.0968. The van der Waals surface area contributed by atoms with Crippen LogP contribution in [0.4, 0.5) is 0 Å². The molecule has 10 aromatic carbocycles. The largest absolute Gasteiger partial charge is 0.455 e. The predicted octanol–water partition coefficient (Wildman–Crippen LogP) is 17.2. The highest BCUT2D eigenvalue weighted by atomic mass is 16.3. The summed E-state index contributed by atoms with van der Waals surface area (Å²) in [6.45, 7) is 9.74. The summed E-state index contributed by atoms with van der Waals surface area (Å²) in [5, 5.41) is 7.43. The minimum absolute atomic E-state index is 0.189. The molecule has 1 heterocycles. The summed E-state index contributed by atoms with van der Waals surface area (Å²) >= 11 is 0. The van der Waals surface area contributed by atoms with Crippen LogP contribution < -0.4 is 0 Å². The Hall–Kier alpha value is -7.48. The van der Waals surface area contributed by atoms with Crippen molar-refractivity contribution in [1.82, 2.24) is 0 Å². The van der Waals surface area contributed by atoms with Crippen molar-refractivity contribution in [2.45, 2.75) is 38.5 Å². The average Bonchev–Trinajstić information content (AvgIpc) is 3.90. The molecule has 0 saturated carbocycles. The predicted molar refractivity (Wildman–Crippen MR) is 266 cm³/mol. The van der Waals surface area contributed by atoms with Crippen molar-refractivity contribution in [1.29, 1.82) is 0 Å². The lowest BCUT2D eigenvalue weighted by Crippen LogP contribution is -2.24. The Labute approximate surface area is 367 Å². The van der Waals surface area contributed by atoms with Gasteiger partial charge in [-0.05, 0) is 135 Å². The Morgan fingerprint density at radius 3 is 1.40 bits per heavy atom. The van der Waals surface area contributed by atoms with E-state index in [9.17, 15) is 0 Å². The molecule has 63 heavy (non-hydrogen) atoms. The van der Waals surface area contributed by atoms with Crippen LogP contribution in [0, 0.1) is 0 Å². The first-order valence-electron chi connectivity index (χ1n) is 22.3. The van der Waals surface area contributed by atoms with Crippen molar-refractivity contribution < 1.29 is 4.42 Å². The van der Waals surface area contributed by atoms with Crippen LogP contribution in [-0.4, -0.2) is 0 Å². The van der Waals surface area contributed by atoms with Crippen molar-refractivity contribution >= 4 is 43.5 Å². The SMILES string of the molecule is CC1(C)c2cc(-c3c4ccccc4c(-c4cc(-c5ccccc5)cc(-c5ccccc5)c4)c4ccccc34)ccc2-c2c1c1c(c3c2oc2ccccc23)-c2ccccc2C1(C)C. The van der Waals surface area contributed by atoms with Crippen LogP contribution in [0.3, 0.4) is 0 Å². The maximum absolute atomic E-state index is 7.01. The minimum atomic E-state index is -0.297. The molecule has 0 unspecified atom stereocenters. The quantitative estimate of drug-likeness (QED) is 0.162. The van der Waals surface area contributed by atoms with Crippen LogP contribution in [0.15, 0.2) is 199 Å². The average molecular weight is 805 g/mol. The molecule has 2 aliphatic carbocycles. The fourth-order valence-electron chi connectivity index (χ4n) is 11.8. The molecular weight excluding hydrogens is 761 g/mol. The molecule has 2 aliphatic rings. The van der Waals surface area contributed by atoms with E-state index < -0.39 is 0 Å². The number of hydrogen-bond acceptors (Lipinski definition) is 1. The Morgan fingerprint density at radius 1 is 0.317 bits per heavy atom. The number of furan rings is 1. The van der Waals surface area contributed by atoms with Crippen LogP contribution >= 0.6 is 0 Å². The monoisotopic (exact) mass is 804 g/mol. The van der Waals surface area contributed by atoms with Gasteiger partial charge < -0.3 is 4.42 Å². The van der Waals surface area contributed by atoms with Gasteiger partial charge in [-0.25, -0.2) is 0 Å². The number of para-hydroxylation sites is 1. The molecule has 0 radical (unpaired) electrons. The summed E-state index contributed by atoms with van der Waals surface area (Å²) in [6, 6.07) is 71.8. The zero-order valence-corrected chi connectivity index (χ0v) is 35.9. The zero-order chi connectivity index (χ0) is 42.2. The Bertz CT molecular complexity index is 3600. The second-order valence-electron chi connectivity index (χ2n) is 18.7. The van der Waals surface area contributed by atoms with E-state index in [2.05, 4.69) is 222 Å². The molecule has 13 rings (SSSR count). The molecule has 298 valence electrons. The second-order valence-corrected chi connectivity index (χ2v) is 18.7. The first-order chi connectivity index (χ1) is 30.8.